The van der Waals surface area contributed by atoms with Gasteiger partial charge in [0.2, 0.25) is 0 Å². The number of aromatic nitrogens is 2. The van der Waals surface area contributed by atoms with Crippen LogP contribution in [0.4, 0.5) is 15.0 Å². The van der Waals surface area contributed by atoms with Crippen LogP contribution in [0.15, 0.2) is 61.1 Å². The van der Waals surface area contributed by atoms with E-state index in [2.05, 4.69) is 37.6 Å². The van der Waals surface area contributed by atoms with Crippen LogP contribution in [0.25, 0.3) is 11.1 Å². The average Bonchev–Trinajstić information content (AvgIpc) is 2.98. The molecule has 1 aromatic carbocycles. The summed E-state index contributed by atoms with van der Waals surface area (Å²) in [6.45, 7) is 9.70. The van der Waals surface area contributed by atoms with Crippen molar-refractivity contribution in [3.63, 3.8) is 0 Å². The number of nitrogens with one attached hydrogen (secondary N) is 2. The molecule has 0 unspecified atom stereocenters. The number of hydrogen-bond donors (Lipinski definition) is 2. The lowest BCUT2D eigenvalue weighted by Crippen LogP contribution is -2.46. The van der Waals surface area contributed by atoms with Crippen LogP contribution >= 0.6 is 0 Å². The van der Waals surface area contributed by atoms with Crippen molar-refractivity contribution in [3.05, 3.63) is 78.0 Å². The first-order valence-corrected chi connectivity index (χ1v) is 15.1. The lowest BCUT2D eigenvalue weighted by molar-refractivity contribution is 0.0497. The number of ether oxygens (including phenoxy) is 1. The number of pyridine rings is 2. The number of likely N-dealkylation sites (tertiary alicyclic amines) is 1. The summed E-state index contributed by atoms with van der Waals surface area (Å²) in [6.07, 6.45) is 8.09. The standard InChI is InChI=1S/C33H41FN6O3/c1-33(2,3)43-32(42)38-26-13-19-40(20-14-26)29-8-7-23(21-36-29)22-39-17-11-25(12-18-39)37-31(41)28-6-4-5-27(30(28)34)24-9-15-35-16-10-24/h4-10,15-16,21,25-26H,11-14,17-20,22H2,1-3H3,(H,37,41)(H,38,42). The zero-order valence-corrected chi connectivity index (χ0v) is 25.2. The molecule has 228 valence electrons. The molecule has 0 aliphatic carbocycles. The summed E-state index contributed by atoms with van der Waals surface area (Å²) in [5, 5.41) is 6.02. The molecule has 2 aliphatic heterocycles. The minimum Gasteiger partial charge on any atom is -0.444 e. The third kappa shape index (κ3) is 8.28. The second kappa shape index (κ2) is 13.5. The Morgan fingerprint density at radius 2 is 1.60 bits per heavy atom. The summed E-state index contributed by atoms with van der Waals surface area (Å²) in [7, 11) is 0. The number of carbonyl (C=O) groups is 2. The van der Waals surface area contributed by atoms with E-state index in [9.17, 15) is 9.59 Å². The minimum absolute atomic E-state index is 0.000897. The number of anilines is 1. The molecule has 2 N–H and O–H groups in total. The van der Waals surface area contributed by atoms with Crippen LogP contribution in [0, 0.1) is 5.82 Å². The monoisotopic (exact) mass is 588 g/mol. The fraction of sp³-hybridized carbons (Fsp3) is 0.455. The second-order valence-corrected chi connectivity index (χ2v) is 12.4. The molecule has 2 aliphatic rings. The van der Waals surface area contributed by atoms with Gasteiger partial charge in [0.15, 0.2) is 0 Å². The average molecular weight is 589 g/mol. The van der Waals surface area contributed by atoms with Gasteiger partial charge in [-0.15, -0.1) is 0 Å². The van der Waals surface area contributed by atoms with Gasteiger partial charge in [0.25, 0.3) is 5.91 Å². The predicted octanol–water partition coefficient (Wildman–Crippen LogP) is 5.17. The molecular formula is C33H41FN6O3. The third-order valence-electron chi connectivity index (χ3n) is 7.91. The van der Waals surface area contributed by atoms with Crippen LogP contribution in [0.5, 0.6) is 0 Å². The third-order valence-corrected chi connectivity index (χ3v) is 7.91. The highest BCUT2D eigenvalue weighted by molar-refractivity contribution is 5.96. The van der Waals surface area contributed by atoms with Gasteiger partial charge >= 0.3 is 6.09 Å². The summed E-state index contributed by atoms with van der Waals surface area (Å²) in [5.74, 6) is 0.0545. The van der Waals surface area contributed by atoms with Gasteiger partial charge in [0.05, 0.1) is 5.56 Å². The lowest BCUT2D eigenvalue weighted by atomic mass is 10.0. The van der Waals surface area contributed by atoms with Crippen molar-refractivity contribution in [1.29, 1.82) is 0 Å². The lowest BCUT2D eigenvalue weighted by Gasteiger charge is -2.34. The van der Waals surface area contributed by atoms with Crippen molar-refractivity contribution >= 4 is 17.8 Å². The minimum atomic E-state index is -0.513. The summed E-state index contributed by atoms with van der Waals surface area (Å²) in [6, 6.07) is 12.7. The van der Waals surface area contributed by atoms with E-state index in [1.165, 1.54) is 6.07 Å². The van der Waals surface area contributed by atoms with Crippen molar-refractivity contribution in [1.82, 2.24) is 25.5 Å². The van der Waals surface area contributed by atoms with Gasteiger partial charge in [0.1, 0.15) is 17.2 Å². The Labute approximate surface area is 252 Å². The Hall–Kier alpha value is -4.05. The van der Waals surface area contributed by atoms with Crippen LogP contribution in [0.1, 0.15) is 62.4 Å². The molecule has 0 atom stereocenters. The Balaban J connectivity index is 1.06. The van der Waals surface area contributed by atoms with Crippen LogP contribution in [-0.4, -0.2) is 70.7 Å². The molecular weight excluding hydrogens is 547 g/mol. The molecule has 0 radical (unpaired) electrons. The molecule has 9 nitrogen and oxygen atoms in total. The summed E-state index contributed by atoms with van der Waals surface area (Å²) in [4.78, 5) is 38.3. The smallest absolute Gasteiger partial charge is 0.407 e. The fourth-order valence-electron chi connectivity index (χ4n) is 5.64. The molecule has 0 spiro atoms. The first kappa shape index (κ1) is 30.4. The van der Waals surface area contributed by atoms with Crippen molar-refractivity contribution in [3.8, 4) is 11.1 Å². The van der Waals surface area contributed by atoms with Gasteiger partial charge in [-0.3, -0.25) is 14.7 Å². The van der Waals surface area contributed by atoms with E-state index in [0.29, 0.717) is 11.1 Å². The number of rotatable bonds is 7. The molecule has 2 amide bonds. The molecule has 2 saturated heterocycles. The Kier molecular flexibility index (Phi) is 9.55. The molecule has 5 rings (SSSR count). The van der Waals surface area contributed by atoms with Gasteiger partial charge in [-0.25, -0.2) is 14.2 Å². The van der Waals surface area contributed by atoms with Gasteiger partial charge < -0.3 is 20.3 Å². The molecule has 0 bridgehead atoms. The van der Waals surface area contributed by atoms with Crippen LogP contribution in [-0.2, 0) is 11.3 Å². The first-order chi connectivity index (χ1) is 20.6. The highest BCUT2D eigenvalue weighted by Gasteiger charge is 2.25. The van der Waals surface area contributed by atoms with Crippen molar-refractivity contribution < 1.29 is 18.7 Å². The van der Waals surface area contributed by atoms with Gasteiger partial charge in [-0.1, -0.05) is 18.2 Å². The van der Waals surface area contributed by atoms with Gasteiger partial charge in [-0.2, -0.15) is 0 Å². The molecule has 3 aromatic rings. The molecule has 0 saturated carbocycles. The van der Waals surface area contributed by atoms with Crippen molar-refractivity contribution in [2.75, 3.05) is 31.1 Å². The van der Waals surface area contributed by atoms with E-state index >= 15 is 4.39 Å². The topological polar surface area (TPSA) is 99.7 Å². The Morgan fingerprint density at radius 3 is 2.26 bits per heavy atom. The number of piperidine rings is 2. The molecule has 2 fully saturated rings. The second-order valence-electron chi connectivity index (χ2n) is 12.4. The quantitative estimate of drug-likeness (QED) is 0.393. The number of alkyl carbamates (subject to hydrolysis) is 1. The number of carbonyl (C=O) groups excluding carboxylic acids is 2. The fourth-order valence-corrected chi connectivity index (χ4v) is 5.64. The van der Waals surface area contributed by atoms with Crippen LogP contribution in [0.3, 0.4) is 0 Å². The van der Waals surface area contributed by atoms with E-state index in [-0.39, 0.29) is 29.6 Å². The summed E-state index contributed by atoms with van der Waals surface area (Å²) >= 11 is 0. The van der Waals surface area contributed by atoms with Gasteiger partial charge in [0, 0.05) is 69.0 Å². The van der Waals surface area contributed by atoms with Crippen LogP contribution < -0.4 is 15.5 Å². The first-order valence-electron chi connectivity index (χ1n) is 15.1. The number of nitrogens with zero attached hydrogens (tertiary/aromatic N) is 4. The predicted molar refractivity (Wildman–Crippen MR) is 164 cm³/mol. The number of halogens is 1. The highest BCUT2D eigenvalue weighted by atomic mass is 19.1. The van der Waals surface area contributed by atoms with Gasteiger partial charge in [-0.05, 0) is 81.8 Å². The Morgan fingerprint density at radius 1 is 0.930 bits per heavy atom. The summed E-state index contributed by atoms with van der Waals surface area (Å²) in [5.41, 5.74) is 1.78. The molecule has 2 aromatic heterocycles. The number of benzene rings is 1. The largest absolute Gasteiger partial charge is 0.444 e. The van der Waals surface area contributed by atoms with E-state index in [1.807, 2.05) is 27.0 Å². The highest BCUT2D eigenvalue weighted by Crippen LogP contribution is 2.25. The van der Waals surface area contributed by atoms with Crippen molar-refractivity contribution in [2.24, 2.45) is 0 Å². The summed E-state index contributed by atoms with van der Waals surface area (Å²) < 4.78 is 20.6. The maximum atomic E-state index is 15.2. The SMILES string of the molecule is CC(C)(C)OC(=O)NC1CCN(c2ccc(CN3CCC(NC(=O)c4cccc(-c5ccncc5)c4F)CC3)cn2)CC1. The molecule has 43 heavy (non-hydrogen) atoms. The van der Waals surface area contributed by atoms with Crippen LogP contribution in [0.2, 0.25) is 0 Å². The van der Waals surface area contributed by atoms with E-state index in [0.717, 1.165) is 69.8 Å². The van der Waals surface area contributed by atoms with E-state index in [1.54, 1.807) is 36.7 Å². The zero-order valence-electron chi connectivity index (χ0n) is 25.2. The number of hydrogen-bond acceptors (Lipinski definition) is 7. The van der Waals surface area contributed by atoms with Crippen molar-refractivity contribution in [2.45, 2.75) is 70.7 Å². The molecule has 4 heterocycles. The normalized spacial score (nSPS) is 17.0. The zero-order chi connectivity index (χ0) is 30.4. The number of amides is 2. The maximum Gasteiger partial charge on any atom is 0.407 e. The molecule has 10 heteroatoms. The maximum absolute atomic E-state index is 15.2. The van der Waals surface area contributed by atoms with E-state index in [4.69, 9.17) is 9.72 Å². The Bertz CT molecular complexity index is 1380. The van der Waals surface area contributed by atoms with E-state index < -0.39 is 11.4 Å².